The lowest BCUT2D eigenvalue weighted by Crippen LogP contribution is -2.19. The fraction of sp³-hybridized carbons (Fsp3) is 0.400. The number of hydrogen-bond acceptors (Lipinski definition) is 4. The predicted octanol–water partition coefficient (Wildman–Crippen LogP) is 1.27. The van der Waals surface area contributed by atoms with Crippen molar-refractivity contribution in [1.29, 1.82) is 0 Å². The highest BCUT2D eigenvalue weighted by Gasteiger charge is 2.13. The van der Waals surface area contributed by atoms with Gasteiger partial charge in [0, 0.05) is 6.20 Å². The van der Waals surface area contributed by atoms with Crippen molar-refractivity contribution in [3.8, 4) is 5.75 Å². The van der Waals surface area contributed by atoms with Gasteiger partial charge in [0.15, 0.2) is 0 Å². The number of ether oxygens (including phenoxy) is 2. The lowest BCUT2D eigenvalue weighted by molar-refractivity contribution is -0.145. The van der Waals surface area contributed by atoms with Crippen molar-refractivity contribution in [2.45, 2.75) is 6.92 Å². The largest absolute Gasteiger partial charge is 0.491 e. The molecule has 1 aromatic rings. The number of esters is 1. The molecule has 0 N–H and O–H groups in total. The predicted molar refractivity (Wildman–Crippen MR) is 50.9 cm³/mol. The minimum Gasteiger partial charge on any atom is -0.491 e. The second-order valence-corrected chi connectivity index (χ2v) is 2.92. The average molecular weight is 195 g/mol. The highest BCUT2D eigenvalue weighted by molar-refractivity contribution is 5.71. The maximum Gasteiger partial charge on any atom is 0.311 e. The summed E-state index contributed by atoms with van der Waals surface area (Å²) < 4.78 is 9.89. The number of methoxy groups -OCH3 is 1. The summed E-state index contributed by atoms with van der Waals surface area (Å²) in [6, 6.07) is 3.56. The highest BCUT2D eigenvalue weighted by atomic mass is 16.5. The molecule has 0 saturated carbocycles. The number of pyridine rings is 1. The third-order valence-electron chi connectivity index (χ3n) is 1.74. The second kappa shape index (κ2) is 5.21. The first-order chi connectivity index (χ1) is 6.74. The molecule has 0 amide bonds. The van der Waals surface area contributed by atoms with Crippen LogP contribution < -0.4 is 4.74 Å². The molecule has 0 spiro atoms. The molecule has 0 radical (unpaired) electrons. The Morgan fingerprint density at radius 2 is 2.43 bits per heavy atom. The Bertz CT molecular complexity index is 287. The Morgan fingerprint density at radius 1 is 1.64 bits per heavy atom. The molecule has 76 valence electrons. The van der Waals surface area contributed by atoms with E-state index in [2.05, 4.69) is 9.72 Å². The van der Waals surface area contributed by atoms with E-state index in [0.717, 1.165) is 0 Å². The standard InChI is InChI=1S/C10H13NO3/c1-8(10(12)13-2)7-14-9-4-3-5-11-6-9/h3-6,8H,7H2,1-2H3. The summed E-state index contributed by atoms with van der Waals surface area (Å²) in [5.41, 5.74) is 0. The van der Waals surface area contributed by atoms with Gasteiger partial charge in [0.2, 0.25) is 0 Å². The quantitative estimate of drug-likeness (QED) is 0.679. The van der Waals surface area contributed by atoms with E-state index in [1.807, 2.05) is 0 Å². The fourth-order valence-corrected chi connectivity index (χ4v) is 0.923. The van der Waals surface area contributed by atoms with Crippen molar-refractivity contribution in [3.63, 3.8) is 0 Å². The Kier molecular flexibility index (Phi) is 3.91. The minimum atomic E-state index is -0.270. The molecule has 0 aromatic carbocycles. The van der Waals surface area contributed by atoms with Crippen molar-refractivity contribution >= 4 is 5.97 Å². The van der Waals surface area contributed by atoms with Gasteiger partial charge in [-0.25, -0.2) is 0 Å². The van der Waals surface area contributed by atoms with Crippen molar-refractivity contribution in [3.05, 3.63) is 24.5 Å². The van der Waals surface area contributed by atoms with Crippen LogP contribution >= 0.6 is 0 Å². The van der Waals surface area contributed by atoms with Crippen LogP contribution in [-0.4, -0.2) is 24.7 Å². The molecule has 0 bridgehead atoms. The molecule has 1 aromatic heterocycles. The van der Waals surface area contributed by atoms with Crippen LogP contribution in [0, 0.1) is 5.92 Å². The Labute approximate surface area is 82.9 Å². The van der Waals surface area contributed by atoms with Gasteiger partial charge >= 0.3 is 5.97 Å². The number of rotatable bonds is 4. The molecular weight excluding hydrogens is 182 g/mol. The van der Waals surface area contributed by atoms with Crippen molar-refractivity contribution in [2.24, 2.45) is 5.92 Å². The normalized spacial score (nSPS) is 11.9. The molecule has 1 heterocycles. The third kappa shape index (κ3) is 3.05. The van der Waals surface area contributed by atoms with E-state index in [0.29, 0.717) is 12.4 Å². The van der Waals surface area contributed by atoms with Crippen LogP contribution in [0.3, 0.4) is 0 Å². The molecule has 0 aliphatic carbocycles. The number of carbonyl (C=O) groups is 1. The van der Waals surface area contributed by atoms with Gasteiger partial charge in [-0.2, -0.15) is 0 Å². The summed E-state index contributed by atoms with van der Waals surface area (Å²) in [5, 5.41) is 0. The van der Waals surface area contributed by atoms with E-state index < -0.39 is 0 Å². The van der Waals surface area contributed by atoms with Crippen molar-refractivity contribution < 1.29 is 14.3 Å². The molecule has 0 aliphatic rings. The highest BCUT2D eigenvalue weighted by Crippen LogP contribution is 2.08. The molecule has 1 unspecified atom stereocenters. The zero-order valence-corrected chi connectivity index (χ0v) is 8.27. The molecule has 0 aliphatic heterocycles. The molecule has 4 heteroatoms. The van der Waals surface area contributed by atoms with Gasteiger partial charge in [-0.3, -0.25) is 9.78 Å². The van der Waals surface area contributed by atoms with Gasteiger partial charge in [0.1, 0.15) is 12.4 Å². The molecule has 4 nitrogen and oxygen atoms in total. The number of carbonyl (C=O) groups excluding carboxylic acids is 1. The van der Waals surface area contributed by atoms with Crippen LogP contribution in [0.1, 0.15) is 6.92 Å². The van der Waals surface area contributed by atoms with Gasteiger partial charge < -0.3 is 9.47 Å². The van der Waals surface area contributed by atoms with E-state index in [4.69, 9.17) is 4.74 Å². The second-order valence-electron chi connectivity index (χ2n) is 2.92. The maximum atomic E-state index is 11.0. The first-order valence-corrected chi connectivity index (χ1v) is 4.34. The molecular formula is C10H13NO3. The summed E-state index contributed by atoms with van der Waals surface area (Å²) in [6.07, 6.45) is 3.26. The molecule has 0 saturated heterocycles. The van der Waals surface area contributed by atoms with E-state index >= 15 is 0 Å². The third-order valence-corrected chi connectivity index (χ3v) is 1.74. The smallest absolute Gasteiger partial charge is 0.311 e. The van der Waals surface area contributed by atoms with Gasteiger partial charge in [-0.15, -0.1) is 0 Å². The number of hydrogen-bond donors (Lipinski definition) is 0. The monoisotopic (exact) mass is 195 g/mol. The summed E-state index contributed by atoms with van der Waals surface area (Å²) >= 11 is 0. The van der Waals surface area contributed by atoms with Crippen LogP contribution in [0.25, 0.3) is 0 Å². The topological polar surface area (TPSA) is 48.4 Å². The van der Waals surface area contributed by atoms with Crippen LogP contribution in [0.15, 0.2) is 24.5 Å². The number of nitrogens with zero attached hydrogens (tertiary/aromatic N) is 1. The number of aromatic nitrogens is 1. The molecule has 14 heavy (non-hydrogen) atoms. The lowest BCUT2D eigenvalue weighted by Gasteiger charge is -2.10. The summed E-state index contributed by atoms with van der Waals surface area (Å²) in [4.78, 5) is 14.9. The summed E-state index contributed by atoms with van der Waals surface area (Å²) in [7, 11) is 1.36. The van der Waals surface area contributed by atoms with Crippen LogP contribution in [-0.2, 0) is 9.53 Å². The zero-order valence-electron chi connectivity index (χ0n) is 8.27. The van der Waals surface area contributed by atoms with Crippen molar-refractivity contribution in [1.82, 2.24) is 4.98 Å². The van der Waals surface area contributed by atoms with Crippen LogP contribution in [0.4, 0.5) is 0 Å². The fourth-order valence-electron chi connectivity index (χ4n) is 0.923. The van der Waals surface area contributed by atoms with E-state index in [1.54, 1.807) is 31.5 Å². The molecule has 1 atom stereocenters. The summed E-state index contributed by atoms with van der Waals surface area (Å²) in [6.45, 7) is 2.06. The maximum absolute atomic E-state index is 11.0. The van der Waals surface area contributed by atoms with Crippen LogP contribution in [0.5, 0.6) is 5.75 Å². The zero-order chi connectivity index (χ0) is 10.4. The van der Waals surface area contributed by atoms with Gasteiger partial charge in [0.05, 0.1) is 19.2 Å². The van der Waals surface area contributed by atoms with E-state index in [9.17, 15) is 4.79 Å². The van der Waals surface area contributed by atoms with Gasteiger partial charge in [-0.05, 0) is 19.1 Å². The van der Waals surface area contributed by atoms with Crippen molar-refractivity contribution in [2.75, 3.05) is 13.7 Å². The Morgan fingerprint density at radius 3 is 3.00 bits per heavy atom. The lowest BCUT2D eigenvalue weighted by atomic mass is 10.2. The first kappa shape index (κ1) is 10.5. The van der Waals surface area contributed by atoms with Gasteiger partial charge in [-0.1, -0.05) is 0 Å². The van der Waals surface area contributed by atoms with Gasteiger partial charge in [0.25, 0.3) is 0 Å². The first-order valence-electron chi connectivity index (χ1n) is 4.34. The Balaban J connectivity index is 2.38. The Hall–Kier alpha value is -1.58. The average Bonchev–Trinajstić information content (AvgIpc) is 2.26. The van der Waals surface area contributed by atoms with E-state index in [-0.39, 0.29) is 11.9 Å². The molecule has 1 rings (SSSR count). The summed E-state index contributed by atoms with van der Waals surface area (Å²) in [5.74, 6) is 0.123. The molecule has 0 fully saturated rings. The van der Waals surface area contributed by atoms with E-state index in [1.165, 1.54) is 7.11 Å². The SMILES string of the molecule is COC(=O)C(C)COc1cccnc1. The minimum absolute atomic E-state index is 0.264. The van der Waals surface area contributed by atoms with Crippen LogP contribution in [0.2, 0.25) is 0 Å².